The number of nitrogens with one attached hydrogen (secondary N) is 3. The highest BCUT2D eigenvalue weighted by Gasteiger charge is 2.21. The minimum atomic E-state index is 0.545. The summed E-state index contributed by atoms with van der Waals surface area (Å²) in [6.07, 6.45) is 12.5. The Kier molecular flexibility index (Phi) is 6.00. The van der Waals surface area contributed by atoms with E-state index in [9.17, 15) is 0 Å². The summed E-state index contributed by atoms with van der Waals surface area (Å²) < 4.78 is 0. The van der Waals surface area contributed by atoms with Gasteiger partial charge in [0.05, 0.1) is 28.8 Å². The van der Waals surface area contributed by atoms with Crippen LogP contribution in [0.15, 0.2) is 61.3 Å². The van der Waals surface area contributed by atoms with E-state index in [0.717, 1.165) is 82.2 Å². The summed E-state index contributed by atoms with van der Waals surface area (Å²) in [7, 11) is 2.17. The van der Waals surface area contributed by atoms with Crippen molar-refractivity contribution in [3.63, 3.8) is 0 Å². The van der Waals surface area contributed by atoms with Crippen molar-refractivity contribution in [2.24, 2.45) is 5.92 Å². The van der Waals surface area contributed by atoms with Gasteiger partial charge in [-0.25, -0.2) is 9.97 Å². The standard InChI is InChI=1S/C30H33N9/c1-19(20-5-3-4-6-20)34-23-13-21(16-31-18-23)22-14-25-28(36-37-29(25)33-17-22)27-15-24-26(35-27)7-8-32-30(24)39-11-9-38(2)10-12-39/h7-8,13-18,20,34-35H,1,3-6,9-12H2,2H3,(H,33,36,37). The van der Waals surface area contributed by atoms with Crippen LogP contribution in [0.1, 0.15) is 25.7 Å². The third-order valence-corrected chi connectivity index (χ3v) is 8.23. The molecule has 2 aliphatic rings. The zero-order valence-corrected chi connectivity index (χ0v) is 22.2. The lowest BCUT2D eigenvalue weighted by Crippen LogP contribution is -2.44. The van der Waals surface area contributed by atoms with Gasteiger partial charge in [0.1, 0.15) is 5.82 Å². The van der Waals surface area contributed by atoms with E-state index in [1.165, 1.54) is 25.7 Å². The molecule has 0 spiro atoms. The molecule has 1 aliphatic carbocycles. The molecule has 2 fully saturated rings. The van der Waals surface area contributed by atoms with E-state index < -0.39 is 0 Å². The van der Waals surface area contributed by atoms with Crippen molar-refractivity contribution in [3.05, 3.63) is 61.3 Å². The summed E-state index contributed by atoms with van der Waals surface area (Å²) in [4.78, 5) is 22.2. The number of aromatic amines is 2. The Balaban J connectivity index is 1.21. The number of rotatable bonds is 6. The van der Waals surface area contributed by atoms with Crippen molar-refractivity contribution < 1.29 is 0 Å². The summed E-state index contributed by atoms with van der Waals surface area (Å²) in [6, 6.07) is 8.46. The molecular weight excluding hydrogens is 486 g/mol. The Morgan fingerprint density at radius 3 is 2.64 bits per heavy atom. The molecule has 1 saturated heterocycles. The van der Waals surface area contributed by atoms with E-state index in [1.807, 2.05) is 30.9 Å². The van der Waals surface area contributed by atoms with Crippen LogP contribution in [0, 0.1) is 5.92 Å². The normalized spacial score (nSPS) is 16.9. The van der Waals surface area contributed by atoms with Crippen molar-refractivity contribution in [1.82, 2.24) is 35.0 Å². The molecule has 3 N–H and O–H groups in total. The first-order valence-electron chi connectivity index (χ1n) is 13.8. The summed E-state index contributed by atoms with van der Waals surface area (Å²) in [6.45, 7) is 8.31. The number of hydrogen-bond acceptors (Lipinski definition) is 7. The maximum atomic E-state index is 4.75. The number of pyridine rings is 3. The molecule has 5 aromatic heterocycles. The Hall–Kier alpha value is -4.24. The summed E-state index contributed by atoms with van der Waals surface area (Å²) in [5, 5.41) is 13.3. The highest BCUT2D eigenvalue weighted by molar-refractivity contribution is 5.99. The van der Waals surface area contributed by atoms with Crippen LogP contribution in [0.4, 0.5) is 11.5 Å². The molecule has 7 rings (SSSR count). The van der Waals surface area contributed by atoms with Gasteiger partial charge in [0.25, 0.3) is 0 Å². The van der Waals surface area contributed by atoms with Gasteiger partial charge in [0.15, 0.2) is 5.65 Å². The number of nitrogens with zero attached hydrogens (tertiary/aromatic N) is 6. The Morgan fingerprint density at radius 1 is 0.974 bits per heavy atom. The molecule has 0 radical (unpaired) electrons. The van der Waals surface area contributed by atoms with Gasteiger partial charge in [-0.2, -0.15) is 5.10 Å². The second kappa shape index (κ2) is 9.81. The van der Waals surface area contributed by atoms with Gasteiger partial charge in [0, 0.05) is 72.4 Å². The van der Waals surface area contributed by atoms with Gasteiger partial charge in [0.2, 0.25) is 0 Å². The number of anilines is 2. The van der Waals surface area contributed by atoms with Gasteiger partial charge >= 0.3 is 0 Å². The van der Waals surface area contributed by atoms with Crippen molar-refractivity contribution in [2.75, 3.05) is 43.4 Å². The highest BCUT2D eigenvalue weighted by atomic mass is 15.3. The molecule has 9 nitrogen and oxygen atoms in total. The van der Waals surface area contributed by atoms with Gasteiger partial charge in [-0.15, -0.1) is 0 Å². The minimum Gasteiger partial charge on any atom is -0.358 e. The fraction of sp³-hybridized carbons (Fsp3) is 0.333. The number of aromatic nitrogens is 6. The largest absolute Gasteiger partial charge is 0.358 e. The molecule has 0 bridgehead atoms. The van der Waals surface area contributed by atoms with Gasteiger partial charge in [-0.05, 0) is 50.1 Å². The topological polar surface area (TPSA) is 102 Å². The Labute approximate surface area is 227 Å². The molecule has 0 atom stereocenters. The molecule has 39 heavy (non-hydrogen) atoms. The van der Waals surface area contributed by atoms with Crippen LogP contribution in [0.5, 0.6) is 0 Å². The predicted molar refractivity (Wildman–Crippen MR) is 157 cm³/mol. The number of piperazine rings is 1. The second-order valence-electron chi connectivity index (χ2n) is 10.9. The second-order valence-corrected chi connectivity index (χ2v) is 10.9. The molecule has 0 amide bonds. The first kappa shape index (κ1) is 23.8. The maximum Gasteiger partial charge on any atom is 0.181 e. The molecular formula is C30H33N9. The number of hydrogen-bond donors (Lipinski definition) is 3. The lowest BCUT2D eigenvalue weighted by atomic mass is 10.0. The highest BCUT2D eigenvalue weighted by Crippen LogP contribution is 2.35. The monoisotopic (exact) mass is 519 g/mol. The third kappa shape index (κ3) is 4.52. The van der Waals surface area contributed by atoms with E-state index in [0.29, 0.717) is 11.6 Å². The number of fused-ring (bicyclic) bond motifs is 2. The molecule has 5 aromatic rings. The quantitative estimate of drug-likeness (QED) is 0.275. The van der Waals surface area contributed by atoms with Crippen LogP contribution in [-0.4, -0.2) is 68.3 Å². The lowest BCUT2D eigenvalue weighted by molar-refractivity contribution is 0.312. The fourth-order valence-corrected chi connectivity index (χ4v) is 5.93. The maximum absolute atomic E-state index is 4.75. The van der Waals surface area contributed by atoms with E-state index in [2.05, 4.69) is 72.1 Å². The lowest BCUT2D eigenvalue weighted by Gasteiger charge is -2.33. The molecule has 1 saturated carbocycles. The molecule has 198 valence electrons. The van der Waals surface area contributed by atoms with Crippen LogP contribution in [-0.2, 0) is 0 Å². The Bertz CT molecular complexity index is 1650. The summed E-state index contributed by atoms with van der Waals surface area (Å²) in [5.41, 5.74) is 7.65. The first-order chi connectivity index (χ1) is 19.1. The van der Waals surface area contributed by atoms with Gasteiger partial charge in [-0.1, -0.05) is 19.4 Å². The molecule has 1 aliphatic heterocycles. The van der Waals surface area contributed by atoms with E-state index in [-0.39, 0.29) is 0 Å². The number of H-pyrrole nitrogens is 2. The van der Waals surface area contributed by atoms with Crippen LogP contribution in [0.3, 0.4) is 0 Å². The van der Waals surface area contributed by atoms with Crippen LogP contribution >= 0.6 is 0 Å². The van der Waals surface area contributed by atoms with Gasteiger partial charge in [-0.3, -0.25) is 10.1 Å². The van der Waals surface area contributed by atoms with Crippen molar-refractivity contribution in [1.29, 1.82) is 0 Å². The molecule has 9 heteroatoms. The average Bonchev–Trinajstić information content (AvgIpc) is 3.73. The van der Waals surface area contributed by atoms with Crippen molar-refractivity contribution in [2.45, 2.75) is 25.7 Å². The average molecular weight is 520 g/mol. The van der Waals surface area contributed by atoms with E-state index >= 15 is 0 Å². The Morgan fingerprint density at radius 2 is 1.79 bits per heavy atom. The number of allylic oxidation sites excluding steroid dienone is 1. The summed E-state index contributed by atoms with van der Waals surface area (Å²) in [5.74, 6) is 1.57. The summed E-state index contributed by atoms with van der Waals surface area (Å²) >= 11 is 0. The van der Waals surface area contributed by atoms with E-state index in [4.69, 9.17) is 4.98 Å². The SMILES string of the molecule is C=C(Nc1cncc(-c2cnc3n[nH]c(-c4cc5c(N6CCN(C)CC6)nccc5[nH]4)c3c2)c1)C1CCCC1. The zero-order valence-electron chi connectivity index (χ0n) is 22.2. The van der Waals surface area contributed by atoms with E-state index in [1.54, 1.807) is 0 Å². The van der Waals surface area contributed by atoms with Crippen LogP contribution in [0.2, 0.25) is 0 Å². The van der Waals surface area contributed by atoms with Crippen molar-refractivity contribution in [3.8, 4) is 22.5 Å². The molecule has 6 heterocycles. The predicted octanol–water partition coefficient (Wildman–Crippen LogP) is 5.43. The molecule has 0 aromatic carbocycles. The smallest absolute Gasteiger partial charge is 0.181 e. The van der Waals surface area contributed by atoms with Crippen LogP contribution in [0.25, 0.3) is 44.5 Å². The first-order valence-corrected chi connectivity index (χ1v) is 13.8. The van der Waals surface area contributed by atoms with Gasteiger partial charge < -0.3 is 20.1 Å². The number of likely N-dealkylation sites (N-methyl/N-ethyl adjacent to an activating group) is 1. The third-order valence-electron chi connectivity index (χ3n) is 8.23. The minimum absolute atomic E-state index is 0.545. The van der Waals surface area contributed by atoms with Crippen LogP contribution < -0.4 is 10.2 Å². The van der Waals surface area contributed by atoms with Crippen molar-refractivity contribution >= 4 is 33.4 Å². The fourth-order valence-electron chi connectivity index (χ4n) is 5.93. The molecule has 0 unspecified atom stereocenters. The zero-order chi connectivity index (χ0) is 26.3.